The number of rotatable bonds is 2. The largest absolute Gasteiger partial charge is 0.458 e. The van der Waals surface area contributed by atoms with Gasteiger partial charge in [0.1, 0.15) is 0 Å². The van der Waals surface area contributed by atoms with Crippen LogP contribution in [0.15, 0.2) is 35.1 Å². The summed E-state index contributed by atoms with van der Waals surface area (Å²) in [4.78, 5) is 15.1. The van der Waals surface area contributed by atoms with Crippen molar-refractivity contribution in [1.29, 1.82) is 0 Å². The van der Waals surface area contributed by atoms with E-state index in [9.17, 15) is 4.79 Å². The predicted molar refractivity (Wildman–Crippen MR) is 55.5 cm³/mol. The molecule has 0 saturated carbocycles. The van der Waals surface area contributed by atoms with Gasteiger partial charge in [0.2, 0.25) is 0 Å². The molecule has 4 nitrogen and oxygen atoms in total. The van der Waals surface area contributed by atoms with E-state index in [4.69, 9.17) is 21.8 Å². The first-order chi connectivity index (χ1) is 7.20. The highest BCUT2D eigenvalue weighted by atomic mass is 35.5. The minimum atomic E-state index is -0.642. The SMILES string of the molecule is NC(=O)c1occc1-c1ncccc1Cl. The quantitative estimate of drug-likeness (QED) is 0.846. The Balaban J connectivity index is 2.59. The van der Waals surface area contributed by atoms with Crippen LogP contribution in [-0.2, 0) is 0 Å². The van der Waals surface area contributed by atoms with E-state index in [-0.39, 0.29) is 5.76 Å². The maximum Gasteiger partial charge on any atom is 0.285 e. The van der Waals surface area contributed by atoms with E-state index >= 15 is 0 Å². The number of primary amides is 1. The third-order valence-corrected chi connectivity index (χ3v) is 2.21. The Morgan fingerprint density at radius 2 is 2.27 bits per heavy atom. The summed E-state index contributed by atoms with van der Waals surface area (Å²) in [6, 6.07) is 4.99. The minimum absolute atomic E-state index is 0.0654. The molecule has 0 bridgehead atoms. The van der Waals surface area contributed by atoms with Crippen LogP contribution in [0.25, 0.3) is 11.3 Å². The molecule has 2 aromatic rings. The summed E-state index contributed by atoms with van der Waals surface area (Å²) in [5.74, 6) is -0.577. The maximum absolute atomic E-state index is 11.0. The third kappa shape index (κ3) is 1.71. The Morgan fingerprint density at radius 3 is 2.93 bits per heavy atom. The monoisotopic (exact) mass is 222 g/mol. The number of amides is 1. The van der Waals surface area contributed by atoms with Crippen LogP contribution in [-0.4, -0.2) is 10.9 Å². The molecule has 0 spiro atoms. The van der Waals surface area contributed by atoms with Crippen molar-refractivity contribution < 1.29 is 9.21 Å². The van der Waals surface area contributed by atoms with Crippen LogP contribution in [0, 0.1) is 0 Å². The zero-order chi connectivity index (χ0) is 10.8. The van der Waals surface area contributed by atoms with Crippen molar-refractivity contribution in [2.75, 3.05) is 0 Å². The highest BCUT2D eigenvalue weighted by molar-refractivity contribution is 6.33. The van der Waals surface area contributed by atoms with Gasteiger partial charge in [0, 0.05) is 6.20 Å². The lowest BCUT2D eigenvalue weighted by Crippen LogP contribution is -2.11. The number of hydrogen-bond acceptors (Lipinski definition) is 3. The van der Waals surface area contributed by atoms with Crippen molar-refractivity contribution in [2.24, 2.45) is 5.73 Å². The van der Waals surface area contributed by atoms with Crippen molar-refractivity contribution in [3.8, 4) is 11.3 Å². The molecule has 2 aromatic heterocycles. The Morgan fingerprint density at radius 1 is 1.47 bits per heavy atom. The van der Waals surface area contributed by atoms with Gasteiger partial charge in [-0.25, -0.2) is 0 Å². The first kappa shape index (κ1) is 9.73. The van der Waals surface area contributed by atoms with Crippen LogP contribution in [0.1, 0.15) is 10.6 Å². The molecule has 2 rings (SSSR count). The lowest BCUT2D eigenvalue weighted by atomic mass is 10.1. The Labute approximate surface area is 90.7 Å². The van der Waals surface area contributed by atoms with Gasteiger partial charge in [-0.3, -0.25) is 9.78 Å². The van der Waals surface area contributed by atoms with E-state index in [1.165, 1.54) is 6.26 Å². The number of furan rings is 1. The van der Waals surface area contributed by atoms with E-state index in [1.807, 2.05) is 0 Å². The number of nitrogens with two attached hydrogens (primary N) is 1. The highest BCUT2D eigenvalue weighted by Gasteiger charge is 2.16. The summed E-state index contributed by atoms with van der Waals surface area (Å²) in [5.41, 5.74) is 6.14. The lowest BCUT2D eigenvalue weighted by molar-refractivity contribution is 0.0975. The molecule has 0 fully saturated rings. The second-order valence-corrected chi connectivity index (χ2v) is 3.27. The van der Waals surface area contributed by atoms with Gasteiger partial charge in [-0.05, 0) is 18.2 Å². The van der Waals surface area contributed by atoms with Crippen LogP contribution < -0.4 is 5.73 Å². The number of nitrogens with zero attached hydrogens (tertiary/aromatic N) is 1. The smallest absolute Gasteiger partial charge is 0.285 e. The van der Waals surface area contributed by atoms with Crippen LogP contribution in [0.2, 0.25) is 5.02 Å². The van der Waals surface area contributed by atoms with Gasteiger partial charge < -0.3 is 10.2 Å². The average Bonchev–Trinajstić information content (AvgIpc) is 2.67. The fourth-order valence-electron chi connectivity index (χ4n) is 1.27. The molecule has 5 heteroatoms. The number of pyridine rings is 1. The Hall–Kier alpha value is -1.81. The molecule has 0 saturated heterocycles. The highest BCUT2D eigenvalue weighted by Crippen LogP contribution is 2.28. The fraction of sp³-hybridized carbons (Fsp3) is 0. The molecule has 1 amide bonds. The normalized spacial score (nSPS) is 10.2. The van der Waals surface area contributed by atoms with E-state index in [1.54, 1.807) is 24.4 Å². The molecular weight excluding hydrogens is 216 g/mol. The van der Waals surface area contributed by atoms with Crippen LogP contribution in [0.3, 0.4) is 0 Å². The van der Waals surface area contributed by atoms with Crippen molar-refractivity contribution in [3.63, 3.8) is 0 Å². The molecule has 2 N–H and O–H groups in total. The first-order valence-electron chi connectivity index (χ1n) is 4.18. The van der Waals surface area contributed by atoms with E-state index in [0.717, 1.165) is 0 Å². The summed E-state index contributed by atoms with van der Waals surface area (Å²) in [5, 5.41) is 0.446. The predicted octanol–water partition coefficient (Wildman–Crippen LogP) is 2.09. The number of carbonyl (C=O) groups is 1. The molecule has 0 radical (unpaired) electrons. The summed E-state index contributed by atoms with van der Waals surface area (Å²) in [6.07, 6.45) is 2.96. The molecule has 76 valence electrons. The first-order valence-corrected chi connectivity index (χ1v) is 4.56. The van der Waals surface area contributed by atoms with Crippen LogP contribution in [0.4, 0.5) is 0 Å². The van der Waals surface area contributed by atoms with Crippen LogP contribution in [0.5, 0.6) is 0 Å². The second-order valence-electron chi connectivity index (χ2n) is 2.86. The van der Waals surface area contributed by atoms with E-state index in [2.05, 4.69) is 4.98 Å². The van der Waals surface area contributed by atoms with Gasteiger partial charge in [-0.1, -0.05) is 11.6 Å². The van der Waals surface area contributed by atoms with Crippen molar-refractivity contribution >= 4 is 17.5 Å². The van der Waals surface area contributed by atoms with Crippen molar-refractivity contribution in [1.82, 2.24) is 4.98 Å². The zero-order valence-electron chi connectivity index (χ0n) is 7.61. The third-order valence-electron chi connectivity index (χ3n) is 1.90. The lowest BCUT2D eigenvalue weighted by Gasteiger charge is -2.00. The van der Waals surface area contributed by atoms with Gasteiger partial charge in [-0.2, -0.15) is 0 Å². The topological polar surface area (TPSA) is 69.1 Å². The molecule has 0 atom stereocenters. The number of carbonyl (C=O) groups excluding carboxylic acids is 1. The summed E-state index contributed by atoms with van der Waals surface area (Å²) in [7, 11) is 0. The minimum Gasteiger partial charge on any atom is -0.458 e. The molecule has 0 aromatic carbocycles. The summed E-state index contributed by atoms with van der Waals surface area (Å²) >= 11 is 5.94. The molecule has 0 aliphatic rings. The standard InChI is InChI=1S/C10H7ClN2O2/c11-7-2-1-4-13-8(7)6-3-5-15-9(6)10(12)14/h1-5H,(H2,12,14). The van der Waals surface area contributed by atoms with Gasteiger partial charge in [0.15, 0.2) is 5.76 Å². The van der Waals surface area contributed by atoms with Crippen molar-refractivity contribution in [2.45, 2.75) is 0 Å². The van der Waals surface area contributed by atoms with Gasteiger partial charge in [0.05, 0.1) is 22.5 Å². The number of aromatic nitrogens is 1. The van der Waals surface area contributed by atoms with E-state index < -0.39 is 5.91 Å². The van der Waals surface area contributed by atoms with Crippen LogP contribution >= 0.6 is 11.6 Å². The summed E-state index contributed by atoms with van der Waals surface area (Å²) in [6.45, 7) is 0. The average molecular weight is 223 g/mol. The van der Waals surface area contributed by atoms with Gasteiger partial charge >= 0.3 is 0 Å². The molecule has 2 heterocycles. The summed E-state index contributed by atoms with van der Waals surface area (Å²) < 4.78 is 4.96. The molecular formula is C10H7ClN2O2. The maximum atomic E-state index is 11.0. The van der Waals surface area contributed by atoms with Gasteiger partial charge in [0.25, 0.3) is 5.91 Å². The second kappa shape index (κ2) is 3.74. The molecule has 15 heavy (non-hydrogen) atoms. The molecule has 0 unspecified atom stereocenters. The molecule has 0 aliphatic carbocycles. The van der Waals surface area contributed by atoms with Gasteiger partial charge in [-0.15, -0.1) is 0 Å². The zero-order valence-corrected chi connectivity index (χ0v) is 8.36. The Bertz CT molecular complexity index is 508. The number of hydrogen-bond donors (Lipinski definition) is 1. The number of halogens is 1. The Kier molecular flexibility index (Phi) is 2.43. The molecule has 0 aliphatic heterocycles. The van der Waals surface area contributed by atoms with Crippen molar-refractivity contribution in [3.05, 3.63) is 41.4 Å². The van der Waals surface area contributed by atoms with E-state index in [0.29, 0.717) is 16.3 Å². The fourth-order valence-corrected chi connectivity index (χ4v) is 1.49.